The summed E-state index contributed by atoms with van der Waals surface area (Å²) < 4.78 is 24.7. The summed E-state index contributed by atoms with van der Waals surface area (Å²) in [5, 5.41) is 0. The molecule has 0 heterocycles. The fourth-order valence-corrected chi connectivity index (χ4v) is 1.24. The topological polar surface area (TPSA) is 26.0 Å². The molecule has 0 radical (unpaired) electrons. The number of halogens is 2. The smallest absolute Gasteiger partial charge is 0.250 e. The molecule has 2 N–H and O–H groups in total. The minimum absolute atomic E-state index is 0.0417. The van der Waals surface area contributed by atoms with Crippen LogP contribution < -0.4 is 5.73 Å². The summed E-state index contributed by atoms with van der Waals surface area (Å²) in [5.41, 5.74) is 4.85. The maximum atomic E-state index is 12.4. The summed E-state index contributed by atoms with van der Waals surface area (Å²) in [6.45, 7) is 1.67. The van der Waals surface area contributed by atoms with Crippen molar-refractivity contribution in [3.63, 3.8) is 0 Å². The van der Waals surface area contributed by atoms with Crippen LogP contribution in [0.2, 0.25) is 0 Å². The van der Waals surface area contributed by atoms with Crippen LogP contribution in [0.15, 0.2) is 0 Å². The van der Waals surface area contributed by atoms with Crippen molar-refractivity contribution in [3.05, 3.63) is 0 Å². The molecule has 0 spiro atoms. The van der Waals surface area contributed by atoms with Crippen LogP contribution in [0.3, 0.4) is 0 Å². The van der Waals surface area contributed by atoms with Crippen molar-refractivity contribution in [3.8, 4) is 0 Å². The highest BCUT2D eigenvalue weighted by molar-refractivity contribution is 4.93. The molecule has 1 fully saturated rings. The van der Waals surface area contributed by atoms with Crippen LogP contribution >= 0.6 is 0 Å². The Morgan fingerprint density at radius 2 is 1.89 bits per heavy atom. The number of hydrogen-bond acceptors (Lipinski definition) is 1. The van der Waals surface area contributed by atoms with Crippen molar-refractivity contribution < 1.29 is 8.78 Å². The minimum Gasteiger partial charge on any atom is -0.325 e. The molecule has 1 unspecified atom stereocenters. The molecule has 1 atom stereocenters. The van der Waals surface area contributed by atoms with Crippen LogP contribution in [0.1, 0.15) is 26.2 Å². The third kappa shape index (κ3) is 1.61. The maximum absolute atomic E-state index is 12.4. The van der Waals surface area contributed by atoms with Gasteiger partial charge in [0.1, 0.15) is 0 Å². The van der Waals surface area contributed by atoms with Crippen molar-refractivity contribution in [2.24, 2.45) is 5.73 Å². The average Bonchev–Trinajstić information content (AvgIpc) is 1.78. The summed E-state index contributed by atoms with van der Waals surface area (Å²) in [7, 11) is 0. The highest BCUT2D eigenvalue weighted by Gasteiger charge is 2.44. The van der Waals surface area contributed by atoms with E-state index in [1.165, 1.54) is 0 Å². The Morgan fingerprint density at radius 1 is 1.33 bits per heavy atom. The second kappa shape index (κ2) is 1.66. The highest BCUT2D eigenvalue weighted by Crippen LogP contribution is 2.39. The lowest BCUT2D eigenvalue weighted by molar-refractivity contribution is 0.00414. The highest BCUT2D eigenvalue weighted by atomic mass is 19.3. The average molecular weight is 135 g/mol. The fourth-order valence-electron chi connectivity index (χ4n) is 1.24. The van der Waals surface area contributed by atoms with Crippen LogP contribution in [-0.4, -0.2) is 11.5 Å². The molecule has 1 aliphatic carbocycles. The van der Waals surface area contributed by atoms with Gasteiger partial charge >= 0.3 is 0 Å². The van der Waals surface area contributed by atoms with E-state index >= 15 is 0 Å². The zero-order chi connectivity index (χ0) is 7.12. The normalized spacial score (nSPS) is 41.3. The molecule has 1 saturated carbocycles. The van der Waals surface area contributed by atoms with Gasteiger partial charge in [-0.1, -0.05) is 0 Å². The monoisotopic (exact) mass is 135 g/mol. The number of rotatable bonds is 0. The number of nitrogens with two attached hydrogens (primary N) is 1. The van der Waals surface area contributed by atoms with Gasteiger partial charge in [0.25, 0.3) is 0 Å². The summed E-state index contributed by atoms with van der Waals surface area (Å²) in [4.78, 5) is 0. The molecule has 0 aromatic heterocycles. The lowest BCUT2D eigenvalue weighted by Gasteiger charge is -2.16. The van der Waals surface area contributed by atoms with Crippen LogP contribution in [0.25, 0.3) is 0 Å². The number of alkyl halides is 2. The maximum Gasteiger partial charge on any atom is 0.250 e. The Bertz CT molecular complexity index is 106. The molecule has 54 valence electrons. The van der Waals surface area contributed by atoms with Gasteiger partial charge in [-0.05, 0) is 13.3 Å². The summed E-state index contributed by atoms with van der Waals surface area (Å²) >= 11 is 0. The molecule has 1 rings (SSSR count). The zero-order valence-corrected chi connectivity index (χ0v) is 5.45. The lowest BCUT2D eigenvalue weighted by atomic mass is 10.0. The van der Waals surface area contributed by atoms with Crippen molar-refractivity contribution >= 4 is 0 Å². The van der Waals surface area contributed by atoms with Crippen molar-refractivity contribution in [1.29, 1.82) is 0 Å². The Labute approximate surface area is 53.2 Å². The minimum atomic E-state index is -2.50. The molecule has 9 heavy (non-hydrogen) atoms. The van der Waals surface area contributed by atoms with E-state index in [4.69, 9.17) is 5.73 Å². The third-order valence-corrected chi connectivity index (χ3v) is 1.72. The molecule has 0 aliphatic heterocycles. The first-order valence-corrected chi connectivity index (χ1v) is 3.08. The largest absolute Gasteiger partial charge is 0.325 e. The van der Waals surface area contributed by atoms with Gasteiger partial charge in [0.05, 0.1) is 0 Å². The first-order valence-electron chi connectivity index (χ1n) is 3.08. The quantitative estimate of drug-likeness (QED) is 0.535. The van der Waals surface area contributed by atoms with Crippen molar-refractivity contribution in [1.82, 2.24) is 0 Å². The lowest BCUT2D eigenvalue weighted by Crippen LogP contribution is -2.33. The first-order chi connectivity index (χ1) is 3.91. The van der Waals surface area contributed by atoms with E-state index < -0.39 is 11.5 Å². The molecular weight excluding hydrogens is 124 g/mol. The third-order valence-electron chi connectivity index (χ3n) is 1.72. The fraction of sp³-hybridized carbons (Fsp3) is 1.00. The van der Waals surface area contributed by atoms with Crippen LogP contribution in [0.5, 0.6) is 0 Å². The van der Waals surface area contributed by atoms with Gasteiger partial charge in [-0.2, -0.15) is 0 Å². The second-order valence-corrected chi connectivity index (χ2v) is 3.19. The molecule has 1 aliphatic rings. The van der Waals surface area contributed by atoms with E-state index in [2.05, 4.69) is 0 Å². The molecular formula is C6H11F2N. The summed E-state index contributed by atoms with van der Waals surface area (Å²) in [5.74, 6) is -2.50. The second-order valence-electron chi connectivity index (χ2n) is 3.19. The standard InChI is InChI=1S/C6H11F2N/c1-5(9)2-3-6(7,8)4-5/h2-4,9H2,1H3. The SMILES string of the molecule is CC1(N)CCC(F)(F)C1. The molecule has 0 saturated heterocycles. The predicted molar refractivity (Wildman–Crippen MR) is 31.4 cm³/mol. The van der Waals surface area contributed by atoms with Crippen molar-refractivity contribution in [2.75, 3.05) is 0 Å². The van der Waals surface area contributed by atoms with Gasteiger partial charge in [0.2, 0.25) is 5.92 Å². The van der Waals surface area contributed by atoms with Gasteiger partial charge in [-0.3, -0.25) is 0 Å². The molecule has 1 nitrogen and oxygen atoms in total. The Kier molecular flexibility index (Phi) is 1.28. The van der Waals surface area contributed by atoms with Crippen LogP contribution in [0, 0.1) is 0 Å². The van der Waals surface area contributed by atoms with Crippen LogP contribution in [0.4, 0.5) is 8.78 Å². The molecule has 0 amide bonds. The summed E-state index contributed by atoms with van der Waals surface area (Å²) in [6, 6.07) is 0. The van der Waals surface area contributed by atoms with Gasteiger partial charge < -0.3 is 5.73 Å². The molecule has 0 aromatic carbocycles. The van der Waals surface area contributed by atoms with E-state index in [9.17, 15) is 8.78 Å². The van der Waals surface area contributed by atoms with E-state index in [1.807, 2.05) is 0 Å². The zero-order valence-electron chi connectivity index (χ0n) is 5.45. The van der Waals surface area contributed by atoms with E-state index in [1.54, 1.807) is 6.92 Å². The number of hydrogen-bond donors (Lipinski definition) is 1. The van der Waals surface area contributed by atoms with Crippen LogP contribution in [-0.2, 0) is 0 Å². The molecule has 0 aromatic rings. The Balaban J connectivity index is 2.58. The predicted octanol–water partition coefficient (Wildman–Crippen LogP) is 1.52. The van der Waals surface area contributed by atoms with E-state index in [0.29, 0.717) is 6.42 Å². The summed E-state index contributed by atoms with van der Waals surface area (Å²) in [6.07, 6.45) is 0.250. The van der Waals surface area contributed by atoms with E-state index in [-0.39, 0.29) is 12.8 Å². The van der Waals surface area contributed by atoms with Gasteiger partial charge in [0, 0.05) is 18.4 Å². The Hall–Kier alpha value is -0.180. The Morgan fingerprint density at radius 3 is 2.00 bits per heavy atom. The van der Waals surface area contributed by atoms with Gasteiger partial charge in [-0.25, -0.2) is 8.78 Å². The van der Waals surface area contributed by atoms with Crippen molar-refractivity contribution in [2.45, 2.75) is 37.6 Å². The van der Waals surface area contributed by atoms with Gasteiger partial charge in [-0.15, -0.1) is 0 Å². The first kappa shape index (κ1) is 6.93. The molecule has 3 heteroatoms. The van der Waals surface area contributed by atoms with Gasteiger partial charge in [0.15, 0.2) is 0 Å². The van der Waals surface area contributed by atoms with E-state index in [0.717, 1.165) is 0 Å². The molecule has 0 bridgehead atoms.